The van der Waals surface area contributed by atoms with E-state index in [-0.39, 0.29) is 11.4 Å². The van der Waals surface area contributed by atoms with Crippen molar-refractivity contribution in [2.24, 2.45) is 5.73 Å². The molecule has 0 aliphatic heterocycles. The van der Waals surface area contributed by atoms with Gasteiger partial charge in [0.05, 0.1) is 12.0 Å². The summed E-state index contributed by atoms with van der Waals surface area (Å²) in [6, 6.07) is 18.5. The number of hydrogen-bond donors (Lipinski definition) is 2. The smallest absolute Gasteiger partial charge is 0.224 e. The highest BCUT2D eigenvalue weighted by atomic mass is 16.1. The Labute approximate surface area is 137 Å². The highest BCUT2D eigenvalue weighted by Crippen LogP contribution is 2.28. The maximum absolute atomic E-state index is 12.3. The van der Waals surface area contributed by atoms with Gasteiger partial charge in [-0.15, -0.1) is 0 Å². The zero-order valence-electron chi connectivity index (χ0n) is 13.4. The Morgan fingerprint density at radius 2 is 1.57 bits per heavy atom. The van der Waals surface area contributed by atoms with Crippen LogP contribution < -0.4 is 11.1 Å². The molecule has 0 radical (unpaired) electrons. The van der Waals surface area contributed by atoms with Gasteiger partial charge < -0.3 is 11.1 Å². The summed E-state index contributed by atoms with van der Waals surface area (Å²) in [5, 5.41) is 3.17. The molecule has 1 saturated carbocycles. The van der Waals surface area contributed by atoms with E-state index in [1.807, 2.05) is 30.3 Å². The van der Waals surface area contributed by atoms with Gasteiger partial charge in [-0.2, -0.15) is 0 Å². The maximum atomic E-state index is 12.3. The van der Waals surface area contributed by atoms with Crippen LogP contribution in [0.25, 0.3) is 11.1 Å². The highest BCUT2D eigenvalue weighted by Gasteiger charge is 2.33. The van der Waals surface area contributed by atoms with Crippen molar-refractivity contribution in [1.29, 1.82) is 0 Å². The minimum atomic E-state index is -0.166. The maximum Gasteiger partial charge on any atom is 0.224 e. The van der Waals surface area contributed by atoms with E-state index in [0.717, 1.165) is 31.2 Å². The number of carbonyl (C=O) groups excluding carboxylic acids is 1. The van der Waals surface area contributed by atoms with Gasteiger partial charge in [-0.25, -0.2) is 0 Å². The summed E-state index contributed by atoms with van der Waals surface area (Å²) in [6.45, 7) is 0.533. The molecule has 23 heavy (non-hydrogen) atoms. The Hall–Kier alpha value is -2.13. The van der Waals surface area contributed by atoms with Crippen molar-refractivity contribution >= 4 is 5.91 Å². The van der Waals surface area contributed by atoms with Gasteiger partial charge in [0.15, 0.2) is 0 Å². The molecule has 0 heterocycles. The Bertz CT molecular complexity index is 643. The lowest BCUT2D eigenvalue weighted by Gasteiger charge is -2.28. The summed E-state index contributed by atoms with van der Waals surface area (Å²) >= 11 is 0. The van der Waals surface area contributed by atoms with Gasteiger partial charge in [0.2, 0.25) is 5.91 Å². The zero-order chi connectivity index (χ0) is 16.1. The predicted molar refractivity (Wildman–Crippen MR) is 94.0 cm³/mol. The average Bonchev–Trinajstić information content (AvgIpc) is 3.05. The van der Waals surface area contributed by atoms with Crippen molar-refractivity contribution in [2.75, 3.05) is 6.54 Å². The fraction of sp³-hybridized carbons (Fsp3) is 0.350. The monoisotopic (exact) mass is 308 g/mol. The number of hydrogen-bond acceptors (Lipinski definition) is 2. The minimum Gasteiger partial charge on any atom is -0.349 e. The first-order valence-corrected chi connectivity index (χ1v) is 8.36. The molecular weight excluding hydrogens is 284 g/mol. The molecule has 3 N–H and O–H groups in total. The third-order valence-electron chi connectivity index (χ3n) is 4.78. The minimum absolute atomic E-state index is 0.0739. The summed E-state index contributed by atoms with van der Waals surface area (Å²) in [4.78, 5) is 12.3. The van der Waals surface area contributed by atoms with Gasteiger partial charge in [0.1, 0.15) is 0 Å². The molecule has 0 aromatic heterocycles. The van der Waals surface area contributed by atoms with Crippen molar-refractivity contribution in [3.63, 3.8) is 0 Å². The number of rotatable bonds is 5. The number of amides is 1. The Kier molecular flexibility index (Phi) is 4.77. The van der Waals surface area contributed by atoms with Gasteiger partial charge in [0.25, 0.3) is 0 Å². The Morgan fingerprint density at radius 1 is 0.957 bits per heavy atom. The normalized spacial score (nSPS) is 16.2. The van der Waals surface area contributed by atoms with Crippen LogP contribution in [-0.2, 0) is 11.2 Å². The first-order chi connectivity index (χ1) is 11.2. The Morgan fingerprint density at radius 3 is 2.17 bits per heavy atom. The molecule has 0 atom stereocenters. The van der Waals surface area contributed by atoms with Crippen LogP contribution in [-0.4, -0.2) is 18.0 Å². The van der Waals surface area contributed by atoms with Crippen LogP contribution in [0.2, 0.25) is 0 Å². The van der Waals surface area contributed by atoms with Crippen LogP contribution >= 0.6 is 0 Å². The zero-order valence-corrected chi connectivity index (χ0v) is 13.4. The molecule has 0 bridgehead atoms. The van der Waals surface area contributed by atoms with Crippen LogP contribution in [0, 0.1) is 0 Å². The van der Waals surface area contributed by atoms with E-state index in [1.165, 1.54) is 11.1 Å². The summed E-state index contributed by atoms with van der Waals surface area (Å²) in [7, 11) is 0. The van der Waals surface area contributed by atoms with Crippen molar-refractivity contribution in [2.45, 2.75) is 37.6 Å². The molecule has 1 fully saturated rings. The fourth-order valence-electron chi connectivity index (χ4n) is 3.40. The molecular formula is C20H24N2O. The average molecular weight is 308 g/mol. The van der Waals surface area contributed by atoms with E-state index in [4.69, 9.17) is 5.73 Å². The molecule has 0 unspecified atom stereocenters. The molecule has 1 aliphatic rings. The van der Waals surface area contributed by atoms with Crippen molar-refractivity contribution < 1.29 is 4.79 Å². The number of nitrogens with one attached hydrogen (secondary N) is 1. The van der Waals surface area contributed by atoms with Crippen molar-refractivity contribution in [3.8, 4) is 11.1 Å². The predicted octanol–water partition coefficient (Wildman–Crippen LogP) is 3.28. The summed E-state index contributed by atoms with van der Waals surface area (Å²) in [5.74, 6) is 0.0739. The molecule has 2 aromatic rings. The van der Waals surface area contributed by atoms with E-state index in [9.17, 15) is 4.79 Å². The van der Waals surface area contributed by atoms with E-state index in [1.54, 1.807) is 0 Å². The standard InChI is InChI=1S/C20H24N2O/c21-15-20(12-4-5-13-20)22-19(23)14-16-8-10-18(11-9-16)17-6-2-1-3-7-17/h1-3,6-11H,4-5,12-15,21H2,(H,22,23). The van der Waals surface area contributed by atoms with E-state index < -0.39 is 0 Å². The molecule has 1 amide bonds. The van der Waals surface area contributed by atoms with E-state index in [0.29, 0.717) is 13.0 Å². The van der Waals surface area contributed by atoms with E-state index in [2.05, 4.69) is 29.6 Å². The summed E-state index contributed by atoms with van der Waals surface area (Å²) < 4.78 is 0. The lowest BCUT2D eigenvalue weighted by Crippen LogP contribution is -2.52. The molecule has 3 rings (SSSR count). The fourth-order valence-corrected chi connectivity index (χ4v) is 3.40. The third-order valence-corrected chi connectivity index (χ3v) is 4.78. The van der Waals surface area contributed by atoms with Gasteiger partial charge in [-0.05, 0) is 29.5 Å². The number of carbonyl (C=O) groups is 1. The summed E-state index contributed by atoms with van der Waals surface area (Å²) in [5.41, 5.74) is 9.11. The second kappa shape index (κ2) is 6.97. The van der Waals surface area contributed by atoms with Crippen LogP contribution in [0.4, 0.5) is 0 Å². The molecule has 3 nitrogen and oxygen atoms in total. The lowest BCUT2D eigenvalue weighted by molar-refractivity contribution is -0.122. The quantitative estimate of drug-likeness (QED) is 0.890. The molecule has 2 aromatic carbocycles. The molecule has 120 valence electrons. The van der Waals surface area contributed by atoms with Gasteiger partial charge in [-0.3, -0.25) is 4.79 Å². The van der Waals surface area contributed by atoms with Gasteiger partial charge in [0, 0.05) is 6.54 Å². The van der Waals surface area contributed by atoms with Gasteiger partial charge >= 0.3 is 0 Å². The first kappa shape index (κ1) is 15.8. The van der Waals surface area contributed by atoms with E-state index >= 15 is 0 Å². The molecule has 0 saturated heterocycles. The first-order valence-electron chi connectivity index (χ1n) is 8.36. The third kappa shape index (κ3) is 3.80. The van der Waals surface area contributed by atoms with Crippen molar-refractivity contribution in [3.05, 3.63) is 60.2 Å². The Balaban J connectivity index is 1.63. The van der Waals surface area contributed by atoms with Crippen molar-refractivity contribution in [1.82, 2.24) is 5.32 Å². The SMILES string of the molecule is NCC1(NC(=O)Cc2ccc(-c3ccccc3)cc2)CCCC1. The number of benzene rings is 2. The van der Waals surface area contributed by atoms with Crippen LogP contribution in [0.1, 0.15) is 31.2 Å². The molecule has 0 spiro atoms. The summed E-state index contributed by atoms with van der Waals surface area (Å²) in [6.07, 6.45) is 4.73. The topological polar surface area (TPSA) is 55.1 Å². The second-order valence-electron chi connectivity index (χ2n) is 6.48. The van der Waals surface area contributed by atoms with Crippen LogP contribution in [0.3, 0.4) is 0 Å². The largest absolute Gasteiger partial charge is 0.349 e. The molecule has 1 aliphatic carbocycles. The van der Waals surface area contributed by atoms with Gasteiger partial charge in [-0.1, -0.05) is 67.4 Å². The second-order valence-corrected chi connectivity index (χ2v) is 6.48. The van der Waals surface area contributed by atoms with Crippen LogP contribution in [0.15, 0.2) is 54.6 Å². The highest BCUT2D eigenvalue weighted by molar-refractivity contribution is 5.79. The molecule has 3 heteroatoms. The number of nitrogens with two attached hydrogens (primary N) is 1. The lowest BCUT2D eigenvalue weighted by atomic mass is 9.97. The van der Waals surface area contributed by atoms with Crippen LogP contribution in [0.5, 0.6) is 0 Å².